The van der Waals surface area contributed by atoms with Crippen LogP contribution < -0.4 is 15.4 Å². The second-order valence-electron chi connectivity index (χ2n) is 6.97. The Labute approximate surface area is 186 Å². The molecule has 1 amide bonds. The molecule has 2 atom stereocenters. The zero-order valence-electron chi connectivity index (χ0n) is 17.7. The highest BCUT2D eigenvalue weighted by molar-refractivity contribution is 5.85. The van der Waals surface area contributed by atoms with Crippen molar-refractivity contribution in [3.63, 3.8) is 0 Å². The third-order valence-electron chi connectivity index (χ3n) is 4.64. The van der Waals surface area contributed by atoms with Gasteiger partial charge in [-0.1, -0.05) is 24.3 Å². The van der Waals surface area contributed by atoms with Crippen molar-refractivity contribution in [2.24, 2.45) is 0 Å². The molecule has 0 radical (unpaired) electrons. The smallest absolute Gasteiger partial charge is 0.416 e. The SMILES string of the molecule is CNC(=O)COc1ccc(CC(C)NCC(OC)c2cccc(C(F)(F)F)c2)cc1.Cl. The fourth-order valence-corrected chi connectivity index (χ4v) is 2.93. The summed E-state index contributed by atoms with van der Waals surface area (Å²) in [5.74, 6) is 0.400. The Hall–Kier alpha value is -2.29. The molecule has 0 aliphatic rings. The molecule has 0 aliphatic heterocycles. The summed E-state index contributed by atoms with van der Waals surface area (Å²) in [4.78, 5) is 11.2. The fourth-order valence-electron chi connectivity index (χ4n) is 2.93. The van der Waals surface area contributed by atoms with Crippen LogP contribution in [0.2, 0.25) is 0 Å². The van der Waals surface area contributed by atoms with Crippen LogP contribution >= 0.6 is 12.4 Å². The predicted molar refractivity (Wildman–Crippen MR) is 116 cm³/mol. The number of likely N-dealkylation sites (N-methyl/N-ethyl adjacent to an activating group) is 1. The van der Waals surface area contributed by atoms with Gasteiger partial charge in [0.1, 0.15) is 5.75 Å². The number of methoxy groups -OCH3 is 1. The van der Waals surface area contributed by atoms with Crippen LogP contribution in [-0.2, 0) is 22.1 Å². The third-order valence-corrected chi connectivity index (χ3v) is 4.64. The van der Waals surface area contributed by atoms with Crippen LogP contribution in [0, 0.1) is 0 Å². The number of hydrogen-bond donors (Lipinski definition) is 2. The van der Waals surface area contributed by atoms with Crippen LogP contribution in [0.15, 0.2) is 48.5 Å². The van der Waals surface area contributed by atoms with E-state index in [4.69, 9.17) is 9.47 Å². The molecule has 0 spiro atoms. The molecule has 9 heteroatoms. The van der Waals surface area contributed by atoms with Gasteiger partial charge in [-0.05, 0) is 48.7 Å². The van der Waals surface area contributed by atoms with E-state index in [1.165, 1.54) is 13.2 Å². The van der Waals surface area contributed by atoms with E-state index in [1.807, 2.05) is 19.1 Å². The first-order valence-electron chi connectivity index (χ1n) is 9.58. The van der Waals surface area contributed by atoms with Crippen LogP contribution in [0.5, 0.6) is 5.75 Å². The molecule has 0 aromatic heterocycles. The molecule has 31 heavy (non-hydrogen) atoms. The lowest BCUT2D eigenvalue weighted by atomic mass is 10.0. The molecule has 2 unspecified atom stereocenters. The fraction of sp³-hybridized carbons (Fsp3) is 0.409. The average molecular weight is 461 g/mol. The lowest BCUT2D eigenvalue weighted by Crippen LogP contribution is -2.32. The van der Waals surface area contributed by atoms with Crippen molar-refractivity contribution in [1.82, 2.24) is 10.6 Å². The van der Waals surface area contributed by atoms with Crippen LogP contribution in [0.1, 0.15) is 29.7 Å². The maximum Gasteiger partial charge on any atom is 0.416 e. The number of nitrogens with one attached hydrogen (secondary N) is 2. The van der Waals surface area contributed by atoms with E-state index in [9.17, 15) is 18.0 Å². The summed E-state index contributed by atoms with van der Waals surface area (Å²) in [5.41, 5.74) is 0.855. The first-order valence-corrected chi connectivity index (χ1v) is 9.58. The lowest BCUT2D eigenvalue weighted by Gasteiger charge is -2.21. The van der Waals surface area contributed by atoms with Crippen LogP contribution in [0.3, 0.4) is 0 Å². The summed E-state index contributed by atoms with van der Waals surface area (Å²) in [5, 5.41) is 5.80. The van der Waals surface area contributed by atoms with Crippen LogP contribution in [0.25, 0.3) is 0 Å². The Morgan fingerprint density at radius 3 is 2.39 bits per heavy atom. The zero-order chi connectivity index (χ0) is 22.1. The molecule has 172 valence electrons. The third kappa shape index (κ3) is 8.77. The van der Waals surface area contributed by atoms with Crippen LogP contribution in [0.4, 0.5) is 13.2 Å². The Kier molecular flexibility index (Phi) is 10.8. The summed E-state index contributed by atoms with van der Waals surface area (Å²) in [7, 11) is 3.03. The molecule has 0 fully saturated rings. The predicted octanol–water partition coefficient (Wildman–Crippen LogP) is 4.16. The Morgan fingerprint density at radius 2 is 1.81 bits per heavy atom. The quantitative estimate of drug-likeness (QED) is 0.559. The summed E-state index contributed by atoms with van der Waals surface area (Å²) in [6.07, 6.45) is -4.16. The maximum absolute atomic E-state index is 12.9. The lowest BCUT2D eigenvalue weighted by molar-refractivity contribution is -0.137. The minimum Gasteiger partial charge on any atom is -0.484 e. The second kappa shape index (κ2) is 12.5. The number of ether oxygens (including phenoxy) is 2. The van der Waals surface area contributed by atoms with Gasteiger partial charge in [-0.2, -0.15) is 13.2 Å². The van der Waals surface area contributed by atoms with Crippen molar-refractivity contribution in [1.29, 1.82) is 0 Å². The van der Waals surface area contributed by atoms with Gasteiger partial charge in [-0.3, -0.25) is 4.79 Å². The topological polar surface area (TPSA) is 59.6 Å². The van der Waals surface area contributed by atoms with E-state index in [-0.39, 0.29) is 31.0 Å². The largest absolute Gasteiger partial charge is 0.484 e. The van der Waals surface area contributed by atoms with Crippen molar-refractivity contribution >= 4 is 18.3 Å². The van der Waals surface area contributed by atoms with Gasteiger partial charge in [-0.15, -0.1) is 12.4 Å². The standard InChI is InChI=1S/C22H27F3N2O3.ClH/c1-15(11-16-7-9-19(10-8-16)30-14-21(28)26-2)27-13-20(29-3)17-5-4-6-18(12-17)22(23,24)25;/h4-10,12,15,20,27H,11,13-14H2,1-3H3,(H,26,28);1H. The number of carbonyl (C=O) groups excluding carboxylic acids is 1. The number of rotatable bonds is 10. The van der Waals surface area contributed by atoms with Gasteiger partial charge >= 0.3 is 6.18 Å². The molecule has 0 saturated carbocycles. The number of amides is 1. The van der Waals surface area contributed by atoms with E-state index in [1.54, 1.807) is 25.2 Å². The Bertz CT molecular complexity index is 816. The molecule has 2 N–H and O–H groups in total. The first-order chi connectivity index (χ1) is 14.2. The molecule has 2 aromatic rings. The van der Waals surface area contributed by atoms with Crippen molar-refractivity contribution in [3.8, 4) is 5.75 Å². The van der Waals surface area contributed by atoms with Crippen molar-refractivity contribution in [2.45, 2.75) is 31.7 Å². The summed E-state index contributed by atoms with van der Waals surface area (Å²) >= 11 is 0. The van der Waals surface area contributed by atoms with Gasteiger partial charge < -0.3 is 20.1 Å². The van der Waals surface area contributed by atoms with Gasteiger partial charge in [0.2, 0.25) is 0 Å². The first kappa shape index (κ1) is 26.7. The molecule has 5 nitrogen and oxygen atoms in total. The molecule has 0 saturated heterocycles. The average Bonchev–Trinajstić information content (AvgIpc) is 2.73. The molecule has 2 rings (SSSR count). The van der Waals surface area contributed by atoms with Crippen molar-refractivity contribution in [3.05, 3.63) is 65.2 Å². The van der Waals surface area contributed by atoms with Gasteiger partial charge in [0, 0.05) is 26.7 Å². The summed E-state index contributed by atoms with van der Waals surface area (Å²) < 4.78 is 49.6. The number of hydrogen-bond acceptors (Lipinski definition) is 4. The molecular formula is C22H28ClF3N2O3. The van der Waals surface area contributed by atoms with Gasteiger partial charge in [0.05, 0.1) is 11.7 Å². The number of benzene rings is 2. The normalized spacial score (nSPS) is 13.1. The zero-order valence-corrected chi connectivity index (χ0v) is 18.5. The van der Waals surface area contributed by atoms with E-state index in [0.717, 1.165) is 24.1 Å². The summed E-state index contributed by atoms with van der Waals surface area (Å²) in [6, 6.07) is 12.7. The number of alkyl halides is 3. The monoisotopic (exact) mass is 460 g/mol. The van der Waals surface area contributed by atoms with Gasteiger partial charge in [-0.25, -0.2) is 0 Å². The van der Waals surface area contributed by atoms with E-state index in [0.29, 0.717) is 17.9 Å². The number of carbonyl (C=O) groups is 1. The second-order valence-corrected chi connectivity index (χ2v) is 6.97. The molecular weight excluding hydrogens is 433 g/mol. The highest BCUT2D eigenvalue weighted by Gasteiger charge is 2.31. The highest BCUT2D eigenvalue weighted by atomic mass is 35.5. The molecule has 0 bridgehead atoms. The van der Waals surface area contributed by atoms with Crippen molar-refractivity contribution < 1.29 is 27.4 Å². The minimum atomic E-state index is -4.38. The van der Waals surface area contributed by atoms with E-state index < -0.39 is 17.8 Å². The Balaban J connectivity index is 0.00000480. The van der Waals surface area contributed by atoms with Crippen molar-refractivity contribution in [2.75, 3.05) is 27.3 Å². The number of halogens is 4. The highest BCUT2D eigenvalue weighted by Crippen LogP contribution is 2.31. The molecule has 0 aliphatic carbocycles. The van der Waals surface area contributed by atoms with Gasteiger partial charge in [0.25, 0.3) is 5.91 Å². The van der Waals surface area contributed by atoms with E-state index >= 15 is 0 Å². The van der Waals surface area contributed by atoms with Crippen LogP contribution in [-0.4, -0.2) is 39.3 Å². The maximum atomic E-state index is 12.9. The minimum absolute atomic E-state index is 0. The molecule has 2 aromatic carbocycles. The molecule has 0 heterocycles. The summed E-state index contributed by atoms with van der Waals surface area (Å²) in [6.45, 7) is 2.34. The van der Waals surface area contributed by atoms with E-state index in [2.05, 4.69) is 10.6 Å². The van der Waals surface area contributed by atoms with Gasteiger partial charge in [0.15, 0.2) is 6.61 Å². The Morgan fingerprint density at radius 1 is 1.13 bits per heavy atom.